The zero-order valence-electron chi connectivity index (χ0n) is 36.6. The zero-order chi connectivity index (χ0) is 45.2. The number of aliphatic hydroxyl groups excluding tert-OH is 2. The number of aliphatic hydroxyl groups is 2. The first kappa shape index (κ1) is 45.9. The van der Waals surface area contributed by atoms with Crippen molar-refractivity contribution in [3.05, 3.63) is 47.0 Å². The van der Waals surface area contributed by atoms with Crippen LogP contribution in [0.2, 0.25) is 0 Å². The Morgan fingerprint density at radius 3 is 2.21 bits per heavy atom. The highest BCUT2D eigenvalue weighted by Gasteiger charge is 2.82. The van der Waals surface area contributed by atoms with Gasteiger partial charge in [0.2, 0.25) is 0 Å². The molecule has 336 valence electrons. The third-order valence-electron chi connectivity index (χ3n) is 13.0. The van der Waals surface area contributed by atoms with Gasteiger partial charge in [-0.1, -0.05) is 58.0 Å². The number of nitrogens with one attached hydrogen (secondary N) is 1. The second-order valence-electron chi connectivity index (χ2n) is 19.0. The van der Waals surface area contributed by atoms with Crippen molar-refractivity contribution < 1.29 is 76.9 Å². The molecule has 17 heteroatoms. The van der Waals surface area contributed by atoms with Gasteiger partial charge in [-0.05, 0) is 63.7 Å². The Balaban J connectivity index is 1.59. The summed E-state index contributed by atoms with van der Waals surface area (Å²) in [6.45, 7) is 16.8. The van der Waals surface area contributed by atoms with Crippen molar-refractivity contribution in [3.8, 4) is 0 Å². The summed E-state index contributed by atoms with van der Waals surface area (Å²) in [5.41, 5.74) is -7.39. The molecule has 3 N–H and O–H groups in total. The van der Waals surface area contributed by atoms with Crippen molar-refractivity contribution in [1.82, 2.24) is 5.32 Å². The normalized spacial score (nSPS) is 34.7. The highest BCUT2D eigenvalue weighted by Crippen LogP contribution is 2.66. The fourth-order valence-corrected chi connectivity index (χ4v) is 10.4. The van der Waals surface area contributed by atoms with Crippen molar-refractivity contribution in [3.63, 3.8) is 0 Å². The summed E-state index contributed by atoms with van der Waals surface area (Å²) >= 11 is 0. The summed E-state index contributed by atoms with van der Waals surface area (Å²) in [5.74, 6) is -5.16. The topological polar surface area (TPSA) is 229 Å². The van der Waals surface area contributed by atoms with Gasteiger partial charge >= 0.3 is 30.2 Å². The highest BCUT2D eigenvalue weighted by molar-refractivity contribution is 5.95. The first-order valence-corrected chi connectivity index (χ1v) is 20.7. The van der Waals surface area contributed by atoms with Gasteiger partial charge in [-0.15, -0.1) is 0 Å². The van der Waals surface area contributed by atoms with Crippen LogP contribution in [0.4, 0.5) is 9.59 Å². The van der Waals surface area contributed by atoms with Crippen molar-refractivity contribution in [2.24, 2.45) is 22.7 Å². The lowest BCUT2D eigenvalue weighted by atomic mass is 9.44. The average Bonchev–Trinajstić information content (AvgIpc) is 3.51. The number of ketones is 1. The molecule has 2 saturated carbocycles. The number of rotatable bonds is 11. The molecule has 1 aromatic rings. The van der Waals surface area contributed by atoms with Crippen LogP contribution >= 0.6 is 0 Å². The molecular formula is C44H59NO16. The van der Waals surface area contributed by atoms with Gasteiger partial charge in [0.1, 0.15) is 17.8 Å². The molecule has 0 aromatic heterocycles. The molecule has 6 rings (SSSR count). The standard InChI is InChI=1S/C44H59NO16/c1-21(2)17-26(45-38(52)60-40(6,7)8)30(49)37(51)57-31-22(3)29-32(56-23(4)46)34(50)42(11)27(48)18-28-43(20-55-28,59-24(5)47)33(42)36(54-19-25-15-13-12-14-16-25)44(41(29,9)10)35(31)58-39(53)61-44/h12-16,21,26-28,30-33,35-36,48-49H,17-20H2,1-11H3,(H,45,52)/t26-,27-,28+,30+,31+,32?,33-,35-,36?,42+,43-,44+/m0/s1. The molecule has 0 radical (unpaired) electrons. The van der Waals surface area contributed by atoms with Crippen LogP contribution in [0, 0.1) is 22.7 Å². The van der Waals surface area contributed by atoms with E-state index in [1.54, 1.807) is 65.0 Å². The predicted octanol–water partition coefficient (Wildman–Crippen LogP) is 4.02. The molecule has 5 aliphatic rings. The number of esters is 3. The highest BCUT2D eigenvalue weighted by atomic mass is 16.8. The molecule has 61 heavy (non-hydrogen) atoms. The molecule has 1 amide bonds. The van der Waals surface area contributed by atoms with E-state index in [9.17, 15) is 34.2 Å². The first-order valence-electron chi connectivity index (χ1n) is 20.7. The molecule has 4 fully saturated rings. The summed E-state index contributed by atoms with van der Waals surface area (Å²) in [6.07, 6.45) is -13.1. The molecular weight excluding hydrogens is 798 g/mol. The molecule has 2 unspecified atom stereocenters. The second kappa shape index (κ2) is 16.3. The number of carbonyl (C=O) groups excluding carboxylic acids is 6. The van der Waals surface area contributed by atoms with Crippen LogP contribution in [0.15, 0.2) is 41.5 Å². The van der Waals surface area contributed by atoms with E-state index in [2.05, 4.69) is 5.32 Å². The number of amides is 1. The van der Waals surface area contributed by atoms with E-state index in [1.165, 1.54) is 20.8 Å². The van der Waals surface area contributed by atoms with Gasteiger partial charge in [-0.2, -0.15) is 0 Å². The van der Waals surface area contributed by atoms with Crippen LogP contribution in [0.1, 0.15) is 94.6 Å². The van der Waals surface area contributed by atoms with Crippen molar-refractivity contribution >= 4 is 35.9 Å². The van der Waals surface area contributed by atoms with E-state index in [4.69, 9.17) is 37.9 Å². The van der Waals surface area contributed by atoms with Crippen LogP contribution in [0.5, 0.6) is 0 Å². The number of ether oxygens (including phenoxy) is 8. The summed E-state index contributed by atoms with van der Waals surface area (Å²) in [6, 6.07) is 7.74. The molecule has 17 nitrogen and oxygen atoms in total. The zero-order valence-corrected chi connectivity index (χ0v) is 36.6. The molecule has 2 saturated heterocycles. The summed E-state index contributed by atoms with van der Waals surface area (Å²) in [4.78, 5) is 82.9. The van der Waals surface area contributed by atoms with Gasteiger partial charge in [-0.25, -0.2) is 14.4 Å². The maximum atomic E-state index is 15.6. The van der Waals surface area contributed by atoms with Crippen molar-refractivity contribution in [2.75, 3.05) is 6.61 Å². The Morgan fingerprint density at radius 1 is 1.00 bits per heavy atom. The maximum Gasteiger partial charge on any atom is 0.509 e. The number of hydrogen-bond donors (Lipinski definition) is 3. The van der Waals surface area contributed by atoms with Crippen LogP contribution in [0.25, 0.3) is 0 Å². The van der Waals surface area contributed by atoms with E-state index in [1.807, 2.05) is 13.8 Å². The van der Waals surface area contributed by atoms with Crippen LogP contribution < -0.4 is 5.32 Å². The van der Waals surface area contributed by atoms with Gasteiger partial charge in [0.25, 0.3) is 0 Å². The third-order valence-corrected chi connectivity index (χ3v) is 13.0. The molecule has 1 aromatic carbocycles. The molecule has 3 aliphatic carbocycles. The fraction of sp³-hybridized carbons (Fsp3) is 0.682. The number of alkyl carbamates (subject to hydrolysis) is 1. The van der Waals surface area contributed by atoms with Crippen molar-refractivity contribution in [2.45, 2.75) is 161 Å². The van der Waals surface area contributed by atoms with Crippen LogP contribution in [-0.2, 0) is 63.7 Å². The minimum atomic E-state index is -2.12. The number of hydrogen-bond acceptors (Lipinski definition) is 16. The quantitative estimate of drug-likeness (QED) is 0.162. The third kappa shape index (κ3) is 7.80. The molecule has 1 spiro atoms. The summed E-state index contributed by atoms with van der Waals surface area (Å²) in [7, 11) is 0. The Hall–Kier alpha value is -4.58. The van der Waals surface area contributed by atoms with Crippen molar-refractivity contribution in [1.29, 1.82) is 0 Å². The Morgan fingerprint density at radius 2 is 1.66 bits per heavy atom. The maximum absolute atomic E-state index is 15.6. The van der Waals surface area contributed by atoms with Gasteiger partial charge < -0.3 is 53.4 Å². The number of Topliss-reactive ketones (excluding diaryl/α,β-unsaturated/α-hetero) is 1. The SMILES string of the molecule is CC(=O)OC1C(=O)[C@@]2(C)[C@H](C(OCc3ccccc3)[C@]34OC(=O)O[C@H]3[C@H](OC(=O)[C@H](O)[C@H](CC(C)C)NC(=O)OC(C)(C)C)C(C)=C1C4(C)C)[C@]1(OC(C)=O)CO[C@@H]1C[C@@H]2O. The average molecular weight is 858 g/mol. The van der Waals surface area contributed by atoms with E-state index in [0.29, 0.717) is 5.56 Å². The van der Waals surface area contributed by atoms with E-state index < -0.39 is 118 Å². The molecule has 2 bridgehead atoms. The van der Waals surface area contributed by atoms with E-state index >= 15 is 4.79 Å². The van der Waals surface area contributed by atoms with Crippen LogP contribution in [0.3, 0.4) is 0 Å². The molecule has 2 aliphatic heterocycles. The number of benzene rings is 1. The van der Waals surface area contributed by atoms with E-state index in [-0.39, 0.29) is 43.1 Å². The molecule has 12 atom stereocenters. The predicted molar refractivity (Wildman–Crippen MR) is 211 cm³/mol. The lowest BCUT2D eigenvalue weighted by Crippen LogP contribution is -2.83. The number of carbonyl (C=O) groups is 6. The summed E-state index contributed by atoms with van der Waals surface area (Å²) < 4.78 is 49.0. The van der Waals surface area contributed by atoms with Gasteiger partial charge in [0, 0.05) is 31.6 Å². The van der Waals surface area contributed by atoms with Gasteiger partial charge in [0.15, 0.2) is 41.4 Å². The number of fused-ring (bicyclic) bond motifs is 4. The van der Waals surface area contributed by atoms with E-state index in [0.717, 1.165) is 6.92 Å². The minimum Gasteiger partial charge on any atom is -0.454 e. The Labute approximate surface area is 355 Å². The minimum absolute atomic E-state index is 0.0638. The summed E-state index contributed by atoms with van der Waals surface area (Å²) in [5, 5.41) is 26.4. The first-order chi connectivity index (χ1) is 28.3. The smallest absolute Gasteiger partial charge is 0.454 e. The lowest BCUT2D eigenvalue weighted by molar-refractivity contribution is -0.351. The Kier molecular flexibility index (Phi) is 12.3. The monoisotopic (exact) mass is 857 g/mol. The van der Waals surface area contributed by atoms with Crippen LogP contribution in [-0.4, -0.2) is 118 Å². The van der Waals surface area contributed by atoms with Gasteiger partial charge in [-0.3, -0.25) is 14.4 Å². The largest absolute Gasteiger partial charge is 0.509 e. The molecule has 2 heterocycles. The fourth-order valence-electron chi connectivity index (χ4n) is 10.4. The second-order valence-corrected chi connectivity index (χ2v) is 19.0. The Bertz CT molecular complexity index is 1960. The lowest BCUT2D eigenvalue weighted by Gasteiger charge is -2.67. The van der Waals surface area contributed by atoms with Gasteiger partial charge in [0.05, 0.1) is 30.8 Å².